The van der Waals surface area contributed by atoms with Crippen LogP contribution in [0.5, 0.6) is 0 Å². The van der Waals surface area contributed by atoms with Gasteiger partial charge < -0.3 is 4.74 Å². The maximum absolute atomic E-state index is 10.6. The van der Waals surface area contributed by atoms with Gasteiger partial charge >= 0.3 is 5.97 Å². The first-order chi connectivity index (χ1) is 5.16. The normalized spacial score (nSPS) is 10.0. The SMILES string of the molecule is CC=CC(=O)OCCC(=O)Cl. The third-order valence-electron chi connectivity index (χ3n) is 0.846. The molecular formula is C7H9ClO3. The fourth-order valence-corrected chi connectivity index (χ4v) is 0.493. The summed E-state index contributed by atoms with van der Waals surface area (Å²) in [5, 5.41) is -0.502. The van der Waals surface area contributed by atoms with Crippen molar-refractivity contribution in [3.05, 3.63) is 12.2 Å². The highest BCUT2D eigenvalue weighted by Gasteiger charge is 1.98. The van der Waals surface area contributed by atoms with Crippen LogP contribution in [0.15, 0.2) is 12.2 Å². The maximum Gasteiger partial charge on any atom is 0.330 e. The molecule has 3 nitrogen and oxygen atoms in total. The van der Waals surface area contributed by atoms with Crippen LogP contribution in [-0.4, -0.2) is 17.8 Å². The van der Waals surface area contributed by atoms with E-state index in [9.17, 15) is 9.59 Å². The number of hydrogen-bond acceptors (Lipinski definition) is 3. The number of hydrogen-bond donors (Lipinski definition) is 0. The number of ether oxygens (including phenoxy) is 1. The van der Waals surface area contributed by atoms with Crippen molar-refractivity contribution in [2.75, 3.05) is 6.61 Å². The summed E-state index contributed by atoms with van der Waals surface area (Å²) < 4.78 is 4.56. The van der Waals surface area contributed by atoms with Crippen molar-refractivity contribution in [3.8, 4) is 0 Å². The van der Waals surface area contributed by atoms with Crippen LogP contribution < -0.4 is 0 Å². The Bertz CT molecular complexity index is 175. The Hall–Kier alpha value is -0.830. The fourth-order valence-electron chi connectivity index (χ4n) is 0.416. The molecule has 0 aromatic carbocycles. The van der Waals surface area contributed by atoms with Crippen molar-refractivity contribution < 1.29 is 14.3 Å². The van der Waals surface area contributed by atoms with E-state index in [0.29, 0.717) is 0 Å². The molecule has 0 fully saturated rings. The lowest BCUT2D eigenvalue weighted by molar-refractivity contribution is -0.138. The van der Waals surface area contributed by atoms with Crippen LogP contribution in [0.3, 0.4) is 0 Å². The highest BCUT2D eigenvalue weighted by atomic mass is 35.5. The second-order valence-corrected chi connectivity index (χ2v) is 2.19. The maximum atomic E-state index is 10.6. The topological polar surface area (TPSA) is 43.4 Å². The average molecular weight is 177 g/mol. The van der Waals surface area contributed by atoms with Gasteiger partial charge in [0.05, 0.1) is 13.0 Å². The number of carbonyl (C=O) groups excluding carboxylic acids is 2. The van der Waals surface area contributed by atoms with Crippen LogP contribution >= 0.6 is 11.6 Å². The first-order valence-electron chi connectivity index (χ1n) is 3.14. The molecule has 0 atom stereocenters. The predicted octanol–water partition coefficient (Wildman–Crippen LogP) is 1.26. The fraction of sp³-hybridized carbons (Fsp3) is 0.429. The zero-order valence-corrected chi connectivity index (χ0v) is 6.93. The van der Waals surface area contributed by atoms with Crippen LogP contribution in [0.4, 0.5) is 0 Å². The molecule has 0 aliphatic carbocycles. The summed E-state index contributed by atoms with van der Waals surface area (Å²) in [5.74, 6) is -0.453. The molecule has 0 amide bonds. The Morgan fingerprint density at radius 1 is 1.55 bits per heavy atom. The van der Waals surface area contributed by atoms with Gasteiger partial charge in [0.1, 0.15) is 0 Å². The first-order valence-corrected chi connectivity index (χ1v) is 3.52. The Labute approximate surface area is 70.0 Å². The highest BCUT2D eigenvalue weighted by Crippen LogP contribution is 1.90. The summed E-state index contributed by atoms with van der Waals surface area (Å²) in [6, 6.07) is 0. The second kappa shape index (κ2) is 5.92. The van der Waals surface area contributed by atoms with E-state index in [-0.39, 0.29) is 13.0 Å². The molecule has 62 valence electrons. The molecule has 0 aromatic heterocycles. The van der Waals surface area contributed by atoms with Crippen LogP contribution in [0.25, 0.3) is 0 Å². The Kier molecular flexibility index (Phi) is 5.47. The predicted molar refractivity (Wildman–Crippen MR) is 41.3 cm³/mol. The van der Waals surface area contributed by atoms with Gasteiger partial charge in [-0.3, -0.25) is 4.79 Å². The quantitative estimate of drug-likeness (QED) is 0.368. The molecule has 11 heavy (non-hydrogen) atoms. The summed E-state index contributed by atoms with van der Waals surface area (Å²) >= 11 is 4.99. The summed E-state index contributed by atoms with van der Waals surface area (Å²) in [5.41, 5.74) is 0. The van der Waals surface area contributed by atoms with Gasteiger partial charge in [0.2, 0.25) is 5.24 Å². The number of esters is 1. The second-order valence-electron chi connectivity index (χ2n) is 1.77. The average Bonchev–Trinajstić information content (AvgIpc) is 1.87. The molecule has 0 unspecified atom stereocenters. The van der Waals surface area contributed by atoms with Gasteiger partial charge in [-0.15, -0.1) is 0 Å². The lowest BCUT2D eigenvalue weighted by atomic mass is 10.5. The van der Waals surface area contributed by atoms with Crippen LogP contribution in [-0.2, 0) is 14.3 Å². The van der Waals surface area contributed by atoms with Gasteiger partial charge in [-0.2, -0.15) is 0 Å². The molecular weight excluding hydrogens is 168 g/mol. The molecule has 0 bridgehead atoms. The molecule has 0 aliphatic rings. The van der Waals surface area contributed by atoms with Gasteiger partial charge in [-0.25, -0.2) is 4.79 Å². The molecule has 0 heterocycles. The minimum absolute atomic E-state index is 0.0471. The summed E-state index contributed by atoms with van der Waals surface area (Å²) in [4.78, 5) is 20.7. The number of halogens is 1. The lowest BCUT2D eigenvalue weighted by Gasteiger charge is -1.96. The zero-order valence-electron chi connectivity index (χ0n) is 6.17. The van der Waals surface area contributed by atoms with E-state index in [2.05, 4.69) is 4.74 Å². The lowest BCUT2D eigenvalue weighted by Crippen LogP contribution is -2.04. The van der Waals surface area contributed by atoms with Crippen molar-refractivity contribution in [1.82, 2.24) is 0 Å². The van der Waals surface area contributed by atoms with E-state index < -0.39 is 11.2 Å². The molecule has 0 radical (unpaired) electrons. The number of rotatable bonds is 4. The highest BCUT2D eigenvalue weighted by molar-refractivity contribution is 6.63. The van der Waals surface area contributed by atoms with Gasteiger partial charge in [-0.1, -0.05) is 6.08 Å². The van der Waals surface area contributed by atoms with Crippen LogP contribution in [0.1, 0.15) is 13.3 Å². The van der Waals surface area contributed by atoms with Crippen molar-refractivity contribution in [2.24, 2.45) is 0 Å². The van der Waals surface area contributed by atoms with E-state index in [0.717, 1.165) is 0 Å². The van der Waals surface area contributed by atoms with Crippen molar-refractivity contribution in [3.63, 3.8) is 0 Å². The Balaban J connectivity index is 3.39. The minimum atomic E-state index is -0.502. The molecule has 0 saturated heterocycles. The van der Waals surface area contributed by atoms with Crippen molar-refractivity contribution >= 4 is 22.8 Å². The number of allylic oxidation sites excluding steroid dienone is 1. The largest absolute Gasteiger partial charge is 0.462 e. The van der Waals surface area contributed by atoms with E-state index >= 15 is 0 Å². The van der Waals surface area contributed by atoms with E-state index in [1.54, 1.807) is 13.0 Å². The number of carbonyl (C=O) groups is 2. The van der Waals surface area contributed by atoms with Gasteiger partial charge in [0.25, 0.3) is 0 Å². The molecule has 0 aliphatic heterocycles. The van der Waals surface area contributed by atoms with E-state index in [1.807, 2.05) is 0 Å². The third kappa shape index (κ3) is 7.06. The Morgan fingerprint density at radius 3 is 2.64 bits per heavy atom. The standard InChI is InChI=1S/C7H9ClO3/c1-2-3-7(10)11-5-4-6(8)9/h2-3H,4-5H2,1H3. The first kappa shape index (κ1) is 10.2. The zero-order chi connectivity index (χ0) is 8.69. The summed E-state index contributed by atoms with van der Waals surface area (Å²) in [7, 11) is 0. The van der Waals surface area contributed by atoms with E-state index in [1.165, 1.54) is 6.08 Å². The van der Waals surface area contributed by atoms with Gasteiger partial charge in [0.15, 0.2) is 0 Å². The summed E-state index contributed by atoms with van der Waals surface area (Å²) in [6.45, 7) is 1.75. The molecule has 0 aromatic rings. The van der Waals surface area contributed by atoms with E-state index in [4.69, 9.17) is 11.6 Å². The van der Waals surface area contributed by atoms with Crippen LogP contribution in [0.2, 0.25) is 0 Å². The minimum Gasteiger partial charge on any atom is -0.462 e. The Morgan fingerprint density at radius 2 is 2.18 bits per heavy atom. The molecule has 0 N–H and O–H groups in total. The molecule has 0 spiro atoms. The third-order valence-corrected chi connectivity index (χ3v) is 1.03. The van der Waals surface area contributed by atoms with Gasteiger partial charge in [-0.05, 0) is 18.5 Å². The van der Waals surface area contributed by atoms with Gasteiger partial charge in [0, 0.05) is 6.08 Å². The molecule has 0 rings (SSSR count). The smallest absolute Gasteiger partial charge is 0.330 e. The molecule has 4 heteroatoms. The van der Waals surface area contributed by atoms with Crippen molar-refractivity contribution in [2.45, 2.75) is 13.3 Å². The summed E-state index contributed by atoms with van der Waals surface area (Å²) in [6.07, 6.45) is 2.90. The molecule has 0 saturated carbocycles. The monoisotopic (exact) mass is 176 g/mol. The van der Waals surface area contributed by atoms with Crippen LogP contribution in [0, 0.1) is 0 Å². The van der Waals surface area contributed by atoms with Crippen molar-refractivity contribution in [1.29, 1.82) is 0 Å².